The van der Waals surface area contributed by atoms with Crippen LogP contribution in [0.4, 0.5) is 0 Å². The van der Waals surface area contributed by atoms with Crippen molar-refractivity contribution < 1.29 is 23.3 Å². The largest absolute Gasteiger partial charge is 0.554 e. The third-order valence-corrected chi connectivity index (χ3v) is 2.83. The third kappa shape index (κ3) is 3.71. The average molecular weight is 327 g/mol. The first kappa shape index (κ1) is 13.0. The van der Waals surface area contributed by atoms with E-state index < -0.39 is 21.0 Å². The molecule has 0 amide bonds. The Bertz CT molecular complexity index is 291. The van der Waals surface area contributed by atoms with Gasteiger partial charge in [-0.1, -0.05) is 17.7 Å². The van der Waals surface area contributed by atoms with Crippen molar-refractivity contribution >= 4 is 21.0 Å². The standard InChI is InChI=1S/C9H11INO.V/c1-7-5-8(6-10-11)3-4-9(7)12-2;/h3-5,11H,1,6H2,2H3;/q-1;. The van der Waals surface area contributed by atoms with E-state index in [2.05, 4.69) is 6.92 Å². The Hall–Kier alpha value is 0.00442. The molecule has 0 heterocycles. The van der Waals surface area contributed by atoms with Crippen molar-refractivity contribution in [2.24, 2.45) is 0 Å². The zero-order chi connectivity index (χ0) is 8.97. The van der Waals surface area contributed by atoms with Gasteiger partial charge in [0.05, 0.1) is 7.11 Å². The fourth-order valence-electron chi connectivity index (χ4n) is 0.992. The van der Waals surface area contributed by atoms with Crippen LogP contribution in [0.1, 0.15) is 11.1 Å². The molecule has 71 valence electrons. The van der Waals surface area contributed by atoms with Crippen LogP contribution < -0.4 is 4.74 Å². The van der Waals surface area contributed by atoms with Gasteiger partial charge in [-0.15, -0.1) is 0 Å². The smallest absolute Gasteiger partial charge is 0.0607 e. The van der Waals surface area contributed by atoms with E-state index in [0.29, 0.717) is 0 Å². The topological polar surface area (TPSA) is 33.1 Å². The second-order valence-electron chi connectivity index (χ2n) is 2.41. The molecule has 0 saturated carbocycles. The summed E-state index contributed by atoms with van der Waals surface area (Å²) in [7, 11) is 1.64. The number of alkyl halides is 1. The molecule has 0 bridgehead atoms. The molecule has 4 heteroatoms. The van der Waals surface area contributed by atoms with E-state index in [0.717, 1.165) is 15.7 Å². The molecule has 1 aromatic carbocycles. The van der Waals surface area contributed by atoms with Crippen LogP contribution in [0.15, 0.2) is 18.2 Å². The van der Waals surface area contributed by atoms with E-state index in [1.54, 1.807) is 7.11 Å². The van der Waals surface area contributed by atoms with E-state index in [-0.39, 0.29) is 18.6 Å². The third-order valence-electron chi connectivity index (χ3n) is 1.57. The zero-order valence-corrected chi connectivity index (χ0v) is 10.9. The van der Waals surface area contributed by atoms with Crippen LogP contribution >= 0.6 is 21.0 Å². The van der Waals surface area contributed by atoms with Crippen LogP contribution in [-0.2, 0) is 23.0 Å². The maximum atomic E-state index is 7.17. The number of hydrogen-bond donors (Lipinski definition) is 1. The second-order valence-corrected chi connectivity index (χ2v) is 3.94. The van der Waals surface area contributed by atoms with Crippen molar-refractivity contribution in [3.63, 3.8) is 0 Å². The molecule has 0 aromatic heterocycles. The van der Waals surface area contributed by atoms with Crippen molar-refractivity contribution in [1.29, 1.82) is 3.56 Å². The van der Waals surface area contributed by atoms with Gasteiger partial charge in [-0.25, -0.2) is 0 Å². The SMILES string of the molecule is [CH2-]c1cc(CI=N)ccc1OC.[V]. The number of rotatable bonds is 3. The number of methoxy groups -OCH3 is 1. The fraction of sp³-hybridized carbons (Fsp3) is 0.222. The summed E-state index contributed by atoms with van der Waals surface area (Å²) in [5.74, 6) is 0.821. The van der Waals surface area contributed by atoms with E-state index in [4.69, 9.17) is 8.30 Å². The summed E-state index contributed by atoms with van der Waals surface area (Å²) in [6.07, 6.45) is 0. The van der Waals surface area contributed by atoms with Crippen LogP contribution in [0.25, 0.3) is 0 Å². The molecule has 2 nitrogen and oxygen atoms in total. The minimum atomic E-state index is -0.417. The van der Waals surface area contributed by atoms with Gasteiger partial charge in [-0.2, -0.15) is 18.6 Å². The summed E-state index contributed by atoms with van der Waals surface area (Å²) in [5.41, 5.74) is 2.11. The first-order valence-electron chi connectivity index (χ1n) is 3.51. The molecule has 0 spiro atoms. The van der Waals surface area contributed by atoms with E-state index in [1.807, 2.05) is 18.2 Å². The van der Waals surface area contributed by atoms with Crippen LogP contribution in [0, 0.1) is 10.5 Å². The fourth-order valence-corrected chi connectivity index (χ4v) is 1.91. The Morgan fingerprint density at radius 3 is 2.69 bits per heavy atom. The van der Waals surface area contributed by atoms with Crippen molar-refractivity contribution in [3.8, 4) is 5.75 Å². The minimum Gasteiger partial charge on any atom is -0.554 e. The predicted octanol–water partition coefficient (Wildman–Crippen LogP) is 3.11. The van der Waals surface area contributed by atoms with Crippen LogP contribution in [0.5, 0.6) is 5.75 Å². The predicted molar refractivity (Wildman–Crippen MR) is 57.9 cm³/mol. The number of hydrogen-bond acceptors (Lipinski definition) is 2. The summed E-state index contributed by atoms with van der Waals surface area (Å²) in [4.78, 5) is 0. The summed E-state index contributed by atoms with van der Waals surface area (Å²) in [6.45, 7) is 3.86. The Morgan fingerprint density at radius 2 is 2.23 bits per heavy atom. The molecule has 0 atom stereocenters. The minimum absolute atomic E-state index is 0. The Kier molecular flexibility index (Phi) is 6.46. The summed E-state index contributed by atoms with van der Waals surface area (Å²) in [6, 6.07) is 5.91. The van der Waals surface area contributed by atoms with Gasteiger partial charge < -0.3 is 4.74 Å². The Labute approximate surface area is 101 Å². The molecule has 1 rings (SSSR count). The molecule has 0 aliphatic carbocycles. The molecular weight excluding hydrogens is 316 g/mol. The van der Waals surface area contributed by atoms with E-state index in [1.165, 1.54) is 5.56 Å². The number of ether oxygens (including phenoxy) is 1. The number of benzene rings is 1. The molecule has 0 aliphatic rings. The maximum absolute atomic E-state index is 7.17. The van der Waals surface area contributed by atoms with Gasteiger partial charge >= 0.3 is 0 Å². The summed E-state index contributed by atoms with van der Waals surface area (Å²) >= 11 is -0.417. The van der Waals surface area contributed by atoms with E-state index in [9.17, 15) is 0 Å². The molecule has 13 heavy (non-hydrogen) atoms. The van der Waals surface area contributed by atoms with Gasteiger partial charge in [-0.3, -0.25) is 3.56 Å². The van der Waals surface area contributed by atoms with Gasteiger partial charge in [0.1, 0.15) is 0 Å². The van der Waals surface area contributed by atoms with Crippen LogP contribution in [0.2, 0.25) is 0 Å². The molecule has 0 aliphatic heterocycles. The summed E-state index contributed by atoms with van der Waals surface area (Å²) < 4.78 is 13.1. The molecule has 0 fully saturated rings. The van der Waals surface area contributed by atoms with Gasteiger partial charge in [-0.05, 0) is 21.0 Å². The van der Waals surface area contributed by atoms with Gasteiger partial charge in [0, 0.05) is 28.7 Å². The average Bonchev–Trinajstić information content (AvgIpc) is 2.05. The van der Waals surface area contributed by atoms with Crippen molar-refractivity contribution in [2.45, 2.75) is 4.43 Å². The van der Waals surface area contributed by atoms with Gasteiger partial charge in [0.15, 0.2) is 0 Å². The van der Waals surface area contributed by atoms with Crippen molar-refractivity contribution in [1.82, 2.24) is 0 Å². The summed E-state index contributed by atoms with van der Waals surface area (Å²) in [5, 5.41) is 0. The number of nitrogens with one attached hydrogen (secondary N) is 1. The van der Waals surface area contributed by atoms with Gasteiger partial charge in [0.2, 0.25) is 0 Å². The molecule has 1 aromatic rings. The second kappa shape index (κ2) is 6.46. The molecule has 0 saturated heterocycles. The normalized spacial score (nSPS) is 9.00. The molecule has 0 unspecified atom stereocenters. The Morgan fingerprint density at radius 1 is 1.54 bits per heavy atom. The number of halogens is 1. The van der Waals surface area contributed by atoms with Crippen molar-refractivity contribution in [2.75, 3.05) is 7.11 Å². The zero-order valence-electron chi connectivity index (χ0n) is 7.38. The van der Waals surface area contributed by atoms with Crippen LogP contribution in [-0.4, -0.2) is 7.11 Å². The van der Waals surface area contributed by atoms with E-state index >= 15 is 0 Å². The molecule has 1 radical (unpaired) electrons. The quantitative estimate of drug-likeness (QED) is 0.517. The molecule has 1 N–H and O–H groups in total. The van der Waals surface area contributed by atoms with Crippen molar-refractivity contribution in [3.05, 3.63) is 36.2 Å². The van der Waals surface area contributed by atoms with Gasteiger partial charge in [0.25, 0.3) is 0 Å². The molecular formula is C9H11INOV-. The first-order valence-corrected chi connectivity index (χ1v) is 6.12. The van der Waals surface area contributed by atoms with Crippen LogP contribution in [0.3, 0.4) is 0 Å². The maximum Gasteiger partial charge on any atom is 0.0607 e. The monoisotopic (exact) mass is 327 g/mol. The first-order chi connectivity index (χ1) is 5.77. The Balaban J connectivity index is 0.00000144.